The van der Waals surface area contributed by atoms with Crippen LogP contribution in [-0.4, -0.2) is 29.9 Å². The Bertz CT molecular complexity index is 461. The highest BCUT2D eigenvalue weighted by molar-refractivity contribution is 5.95. The van der Waals surface area contributed by atoms with Gasteiger partial charge in [0.1, 0.15) is 5.82 Å². The first-order valence-corrected chi connectivity index (χ1v) is 6.30. The number of rotatable bonds is 1. The van der Waals surface area contributed by atoms with Crippen LogP contribution in [0.3, 0.4) is 0 Å². The molecule has 1 aromatic carbocycles. The number of hydrogen-bond acceptors (Lipinski definition) is 2. The molecule has 2 atom stereocenters. The van der Waals surface area contributed by atoms with Crippen LogP contribution < -0.4 is 5.73 Å². The highest BCUT2D eigenvalue weighted by Crippen LogP contribution is 2.19. The molecule has 0 aromatic heterocycles. The lowest BCUT2D eigenvalue weighted by Gasteiger charge is -2.35. The number of nitrogens with zero attached hydrogens (tertiary/aromatic N) is 1. The Morgan fingerprint density at radius 2 is 2.22 bits per heavy atom. The maximum atomic E-state index is 13.2. The predicted octanol–water partition coefficient (Wildman–Crippen LogP) is 1.94. The van der Waals surface area contributed by atoms with Crippen molar-refractivity contribution in [2.45, 2.75) is 26.3 Å². The minimum atomic E-state index is -0.376. The third-order valence-corrected chi connectivity index (χ3v) is 3.73. The summed E-state index contributed by atoms with van der Waals surface area (Å²) in [4.78, 5) is 14.1. The number of amides is 1. The number of halogens is 1. The standard InChI is InChI=1S/C14H19FN2O/c1-9-3-4-11(15)7-12(9)14(18)17-6-5-10(2)13(16)8-17/h3-4,7,10,13H,5-6,8,16H2,1-2H3. The van der Waals surface area contributed by atoms with Gasteiger partial charge in [0.2, 0.25) is 0 Å². The number of carbonyl (C=O) groups is 1. The topological polar surface area (TPSA) is 46.3 Å². The molecular weight excluding hydrogens is 231 g/mol. The molecule has 1 aromatic rings. The minimum Gasteiger partial charge on any atom is -0.337 e. The van der Waals surface area contributed by atoms with Crippen LogP contribution in [0.4, 0.5) is 4.39 Å². The molecule has 3 nitrogen and oxygen atoms in total. The van der Waals surface area contributed by atoms with E-state index in [9.17, 15) is 9.18 Å². The van der Waals surface area contributed by atoms with E-state index in [1.165, 1.54) is 12.1 Å². The van der Waals surface area contributed by atoms with Crippen molar-refractivity contribution in [3.05, 3.63) is 35.1 Å². The second kappa shape index (κ2) is 5.06. The molecule has 2 unspecified atom stereocenters. The monoisotopic (exact) mass is 250 g/mol. The lowest BCUT2D eigenvalue weighted by molar-refractivity contribution is 0.0671. The van der Waals surface area contributed by atoms with E-state index in [1.807, 2.05) is 6.92 Å². The van der Waals surface area contributed by atoms with E-state index in [4.69, 9.17) is 5.73 Å². The summed E-state index contributed by atoms with van der Waals surface area (Å²) in [5.74, 6) is -0.0596. The van der Waals surface area contributed by atoms with Crippen molar-refractivity contribution >= 4 is 5.91 Å². The van der Waals surface area contributed by atoms with Crippen molar-refractivity contribution in [3.8, 4) is 0 Å². The molecule has 1 fully saturated rings. The molecular formula is C14H19FN2O. The van der Waals surface area contributed by atoms with Gasteiger partial charge in [-0.25, -0.2) is 4.39 Å². The van der Waals surface area contributed by atoms with E-state index in [-0.39, 0.29) is 17.8 Å². The van der Waals surface area contributed by atoms with Crippen molar-refractivity contribution in [3.63, 3.8) is 0 Å². The summed E-state index contributed by atoms with van der Waals surface area (Å²) in [5, 5.41) is 0. The highest BCUT2D eigenvalue weighted by Gasteiger charge is 2.27. The average Bonchev–Trinajstić information content (AvgIpc) is 2.35. The number of piperidine rings is 1. The van der Waals surface area contributed by atoms with Crippen molar-refractivity contribution in [1.29, 1.82) is 0 Å². The molecule has 0 radical (unpaired) electrons. The molecule has 1 saturated heterocycles. The molecule has 0 aliphatic carbocycles. The van der Waals surface area contributed by atoms with E-state index < -0.39 is 0 Å². The third kappa shape index (κ3) is 2.53. The summed E-state index contributed by atoms with van der Waals surface area (Å²) in [7, 11) is 0. The minimum absolute atomic E-state index is 0.0107. The average molecular weight is 250 g/mol. The van der Waals surface area contributed by atoms with Crippen LogP contribution in [0.25, 0.3) is 0 Å². The second-order valence-corrected chi connectivity index (χ2v) is 5.14. The number of nitrogens with two attached hydrogens (primary N) is 1. The summed E-state index contributed by atoms with van der Waals surface area (Å²) in [5.41, 5.74) is 7.23. The maximum absolute atomic E-state index is 13.2. The Balaban J connectivity index is 2.19. The summed E-state index contributed by atoms with van der Waals surface area (Å²) in [6.45, 7) is 5.17. The van der Waals surface area contributed by atoms with E-state index >= 15 is 0 Å². The zero-order chi connectivity index (χ0) is 13.3. The molecule has 0 bridgehead atoms. The van der Waals surface area contributed by atoms with Gasteiger partial charge in [-0.3, -0.25) is 4.79 Å². The molecule has 1 heterocycles. The largest absolute Gasteiger partial charge is 0.337 e. The van der Waals surface area contributed by atoms with Crippen LogP contribution in [0, 0.1) is 18.7 Å². The van der Waals surface area contributed by atoms with Crippen LogP contribution in [0.15, 0.2) is 18.2 Å². The number of hydrogen-bond donors (Lipinski definition) is 1. The second-order valence-electron chi connectivity index (χ2n) is 5.14. The summed E-state index contributed by atoms with van der Waals surface area (Å²) in [6, 6.07) is 4.32. The zero-order valence-electron chi connectivity index (χ0n) is 10.8. The van der Waals surface area contributed by atoms with Gasteiger partial charge in [0.15, 0.2) is 0 Å². The van der Waals surface area contributed by atoms with Crippen molar-refractivity contribution in [1.82, 2.24) is 4.90 Å². The van der Waals surface area contributed by atoms with Gasteiger partial charge in [0, 0.05) is 24.7 Å². The van der Waals surface area contributed by atoms with E-state index in [1.54, 1.807) is 11.0 Å². The van der Waals surface area contributed by atoms with Gasteiger partial charge < -0.3 is 10.6 Å². The normalized spacial score (nSPS) is 24.1. The fourth-order valence-corrected chi connectivity index (χ4v) is 2.28. The molecule has 4 heteroatoms. The summed E-state index contributed by atoms with van der Waals surface area (Å²) in [6.07, 6.45) is 0.904. The molecule has 0 spiro atoms. The summed E-state index contributed by atoms with van der Waals surface area (Å²) < 4.78 is 13.2. The highest BCUT2D eigenvalue weighted by atomic mass is 19.1. The van der Waals surface area contributed by atoms with E-state index in [0.717, 1.165) is 12.0 Å². The van der Waals surface area contributed by atoms with Gasteiger partial charge in [-0.15, -0.1) is 0 Å². The van der Waals surface area contributed by atoms with Gasteiger partial charge in [-0.2, -0.15) is 0 Å². The van der Waals surface area contributed by atoms with E-state index in [0.29, 0.717) is 24.6 Å². The van der Waals surface area contributed by atoms with Crippen LogP contribution in [-0.2, 0) is 0 Å². The first kappa shape index (κ1) is 13.0. The van der Waals surface area contributed by atoms with Gasteiger partial charge in [0.25, 0.3) is 5.91 Å². The van der Waals surface area contributed by atoms with E-state index in [2.05, 4.69) is 6.92 Å². The number of likely N-dealkylation sites (tertiary alicyclic amines) is 1. The first-order chi connectivity index (χ1) is 8.49. The Morgan fingerprint density at radius 1 is 1.50 bits per heavy atom. The number of benzene rings is 1. The Kier molecular flexibility index (Phi) is 3.66. The Morgan fingerprint density at radius 3 is 2.89 bits per heavy atom. The first-order valence-electron chi connectivity index (χ1n) is 6.30. The Labute approximate surface area is 107 Å². The SMILES string of the molecule is Cc1ccc(F)cc1C(=O)N1CCC(C)C(N)C1. The van der Waals surface area contributed by atoms with Gasteiger partial charge in [0.05, 0.1) is 0 Å². The molecule has 98 valence electrons. The van der Waals surface area contributed by atoms with Gasteiger partial charge >= 0.3 is 0 Å². The zero-order valence-corrected chi connectivity index (χ0v) is 10.8. The Hall–Kier alpha value is -1.42. The smallest absolute Gasteiger partial charge is 0.254 e. The maximum Gasteiger partial charge on any atom is 0.254 e. The van der Waals surface area contributed by atoms with Gasteiger partial charge in [-0.1, -0.05) is 13.0 Å². The fourth-order valence-electron chi connectivity index (χ4n) is 2.28. The van der Waals surface area contributed by atoms with Crippen molar-refractivity contribution < 1.29 is 9.18 Å². The van der Waals surface area contributed by atoms with Crippen molar-refractivity contribution in [2.24, 2.45) is 11.7 Å². The van der Waals surface area contributed by atoms with Crippen LogP contribution >= 0.6 is 0 Å². The number of carbonyl (C=O) groups excluding carboxylic acids is 1. The predicted molar refractivity (Wildman–Crippen MR) is 68.8 cm³/mol. The van der Waals surface area contributed by atoms with Crippen molar-refractivity contribution in [2.75, 3.05) is 13.1 Å². The molecule has 1 aliphatic heterocycles. The van der Waals surface area contributed by atoms with Crippen LogP contribution in [0.5, 0.6) is 0 Å². The molecule has 2 rings (SSSR count). The lowest BCUT2D eigenvalue weighted by Crippen LogP contribution is -2.49. The number of aryl methyl sites for hydroxylation is 1. The molecule has 0 saturated carbocycles. The summed E-state index contributed by atoms with van der Waals surface area (Å²) >= 11 is 0. The fraction of sp³-hybridized carbons (Fsp3) is 0.500. The quantitative estimate of drug-likeness (QED) is 0.828. The van der Waals surface area contributed by atoms with Crippen LogP contribution in [0.2, 0.25) is 0 Å². The third-order valence-electron chi connectivity index (χ3n) is 3.73. The molecule has 1 aliphatic rings. The van der Waals surface area contributed by atoms with Gasteiger partial charge in [-0.05, 0) is 37.0 Å². The van der Waals surface area contributed by atoms with Crippen LogP contribution in [0.1, 0.15) is 29.3 Å². The molecule has 18 heavy (non-hydrogen) atoms. The molecule has 1 amide bonds. The lowest BCUT2D eigenvalue weighted by atomic mass is 9.93. The molecule has 2 N–H and O–H groups in total.